The number of halogens is 2. The highest BCUT2D eigenvalue weighted by Gasteiger charge is 2.15. The summed E-state index contributed by atoms with van der Waals surface area (Å²) in [4.78, 5) is 0. The predicted molar refractivity (Wildman–Crippen MR) is 82.5 cm³/mol. The van der Waals surface area contributed by atoms with E-state index in [1.54, 1.807) is 0 Å². The Labute approximate surface area is 120 Å². The molecular formula is C13H19BrIN. The molecule has 0 fully saturated rings. The maximum absolute atomic E-state index is 6.24. The van der Waals surface area contributed by atoms with Crippen molar-refractivity contribution >= 4 is 38.5 Å². The average Bonchev–Trinajstić information content (AvgIpc) is 2.17. The van der Waals surface area contributed by atoms with Crippen LogP contribution in [-0.4, -0.2) is 0 Å². The van der Waals surface area contributed by atoms with E-state index in [-0.39, 0.29) is 6.04 Å². The molecule has 0 aliphatic carbocycles. The molecule has 1 aromatic rings. The molecule has 0 saturated carbocycles. The van der Waals surface area contributed by atoms with Gasteiger partial charge in [-0.05, 0) is 64.6 Å². The van der Waals surface area contributed by atoms with Gasteiger partial charge in [0.2, 0.25) is 0 Å². The third-order valence-corrected chi connectivity index (χ3v) is 3.96. The molecule has 0 aliphatic heterocycles. The van der Waals surface area contributed by atoms with E-state index in [1.807, 2.05) is 0 Å². The summed E-state index contributed by atoms with van der Waals surface area (Å²) in [5, 5.41) is 0. The van der Waals surface area contributed by atoms with Gasteiger partial charge >= 0.3 is 0 Å². The molecule has 90 valence electrons. The Morgan fingerprint density at radius 1 is 1.38 bits per heavy atom. The first-order chi connectivity index (χ1) is 7.29. The van der Waals surface area contributed by atoms with Gasteiger partial charge in [-0.25, -0.2) is 0 Å². The van der Waals surface area contributed by atoms with Crippen molar-refractivity contribution in [2.75, 3.05) is 0 Å². The summed E-state index contributed by atoms with van der Waals surface area (Å²) in [6.07, 6.45) is 2.17. The second kappa shape index (κ2) is 5.83. The lowest BCUT2D eigenvalue weighted by molar-refractivity contribution is 0.349. The summed E-state index contributed by atoms with van der Waals surface area (Å²) in [6, 6.07) is 6.46. The van der Waals surface area contributed by atoms with Crippen molar-refractivity contribution in [3.8, 4) is 0 Å². The zero-order valence-corrected chi connectivity index (χ0v) is 13.8. The van der Waals surface area contributed by atoms with Crippen LogP contribution in [0.4, 0.5) is 0 Å². The van der Waals surface area contributed by atoms with Crippen LogP contribution in [-0.2, 0) is 0 Å². The Balaban J connectivity index is 2.73. The fraction of sp³-hybridized carbons (Fsp3) is 0.538. The van der Waals surface area contributed by atoms with E-state index in [9.17, 15) is 0 Å². The number of hydrogen-bond acceptors (Lipinski definition) is 1. The second-order valence-corrected chi connectivity index (χ2v) is 7.47. The molecule has 0 amide bonds. The minimum Gasteiger partial charge on any atom is -0.324 e. The van der Waals surface area contributed by atoms with E-state index in [1.165, 1.54) is 9.13 Å². The Kier molecular flexibility index (Phi) is 5.26. The first-order valence-electron chi connectivity index (χ1n) is 5.50. The molecule has 0 aromatic heterocycles. The number of hydrogen-bond donors (Lipinski definition) is 1. The molecule has 0 heterocycles. The summed E-state index contributed by atoms with van der Waals surface area (Å²) in [7, 11) is 0. The molecule has 0 saturated heterocycles. The zero-order chi connectivity index (χ0) is 12.3. The number of nitrogens with two attached hydrogens (primary N) is 1. The van der Waals surface area contributed by atoms with Crippen molar-refractivity contribution < 1.29 is 0 Å². The molecule has 0 radical (unpaired) electrons. The van der Waals surface area contributed by atoms with Crippen LogP contribution in [0.2, 0.25) is 0 Å². The van der Waals surface area contributed by atoms with Gasteiger partial charge in [0.1, 0.15) is 0 Å². The fourth-order valence-electron chi connectivity index (χ4n) is 1.54. The summed E-state index contributed by atoms with van der Waals surface area (Å²) in [5.74, 6) is 0. The number of rotatable bonds is 3. The highest BCUT2D eigenvalue weighted by atomic mass is 127. The highest BCUT2D eigenvalue weighted by molar-refractivity contribution is 14.1. The van der Waals surface area contributed by atoms with Gasteiger partial charge in [0.15, 0.2) is 0 Å². The first kappa shape index (κ1) is 14.5. The topological polar surface area (TPSA) is 26.0 Å². The lowest BCUT2D eigenvalue weighted by Crippen LogP contribution is -2.15. The molecular weight excluding hydrogens is 377 g/mol. The molecule has 0 aliphatic rings. The van der Waals surface area contributed by atoms with Gasteiger partial charge in [-0.1, -0.05) is 36.7 Å². The second-order valence-electron chi connectivity index (χ2n) is 5.37. The summed E-state index contributed by atoms with van der Waals surface area (Å²) < 4.78 is 2.36. The molecule has 3 heteroatoms. The Morgan fingerprint density at radius 3 is 2.56 bits per heavy atom. The molecule has 1 atom stereocenters. The van der Waals surface area contributed by atoms with E-state index >= 15 is 0 Å². The average molecular weight is 396 g/mol. The monoisotopic (exact) mass is 395 g/mol. The summed E-state index contributed by atoms with van der Waals surface area (Å²) in [5.41, 5.74) is 7.81. The predicted octanol–water partition coefficient (Wildman–Crippen LogP) is 4.88. The van der Waals surface area contributed by atoms with E-state index < -0.39 is 0 Å². The summed E-state index contributed by atoms with van der Waals surface area (Å²) in [6.45, 7) is 6.76. The van der Waals surface area contributed by atoms with E-state index in [0.29, 0.717) is 5.41 Å². The Hall–Kier alpha value is 0.390. The van der Waals surface area contributed by atoms with Crippen LogP contribution >= 0.6 is 38.5 Å². The molecule has 1 rings (SSSR count). The van der Waals surface area contributed by atoms with Crippen LogP contribution in [0.3, 0.4) is 0 Å². The van der Waals surface area contributed by atoms with E-state index in [2.05, 4.69) is 77.5 Å². The van der Waals surface area contributed by atoms with Crippen molar-refractivity contribution in [1.82, 2.24) is 0 Å². The van der Waals surface area contributed by atoms with E-state index in [4.69, 9.17) is 5.73 Å². The molecule has 0 bridgehead atoms. The lowest BCUT2D eigenvalue weighted by Gasteiger charge is -2.21. The maximum Gasteiger partial charge on any atom is 0.0306 e. The van der Waals surface area contributed by atoms with Gasteiger partial charge < -0.3 is 5.73 Å². The third kappa shape index (κ3) is 4.72. The van der Waals surface area contributed by atoms with Crippen molar-refractivity contribution in [2.24, 2.45) is 11.1 Å². The Morgan fingerprint density at radius 2 is 2.00 bits per heavy atom. The molecule has 1 aromatic carbocycles. The van der Waals surface area contributed by atoms with Gasteiger partial charge in [0.05, 0.1) is 0 Å². The summed E-state index contributed by atoms with van der Waals surface area (Å²) >= 11 is 5.89. The quantitative estimate of drug-likeness (QED) is 0.725. The van der Waals surface area contributed by atoms with Crippen LogP contribution in [0.1, 0.15) is 45.2 Å². The van der Waals surface area contributed by atoms with Gasteiger partial charge in [0, 0.05) is 14.1 Å². The van der Waals surface area contributed by atoms with Gasteiger partial charge in [0.25, 0.3) is 0 Å². The van der Waals surface area contributed by atoms with Crippen molar-refractivity contribution in [2.45, 2.75) is 39.7 Å². The normalized spacial score (nSPS) is 13.9. The fourth-order valence-corrected chi connectivity index (χ4v) is 2.60. The first-order valence-corrected chi connectivity index (χ1v) is 7.37. The molecule has 1 nitrogen and oxygen atoms in total. The molecule has 16 heavy (non-hydrogen) atoms. The SMILES string of the molecule is CC(C)(C)CCC(N)c1cc(I)ccc1Br. The maximum atomic E-state index is 6.24. The zero-order valence-electron chi connectivity index (χ0n) is 10.1. The Bertz CT molecular complexity index is 357. The third-order valence-electron chi connectivity index (χ3n) is 2.56. The minimum atomic E-state index is 0.128. The molecule has 1 unspecified atom stereocenters. The van der Waals surface area contributed by atoms with Crippen LogP contribution in [0.15, 0.2) is 22.7 Å². The number of benzene rings is 1. The largest absolute Gasteiger partial charge is 0.324 e. The van der Waals surface area contributed by atoms with Gasteiger partial charge in [-0.15, -0.1) is 0 Å². The minimum absolute atomic E-state index is 0.128. The van der Waals surface area contributed by atoms with Crippen LogP contribution in [0.5, 0.6) is 0 Å². The molecule has 2 N–H and O–H groups in total. The van der Waals surface area contributed by atoms with Gasteiger partial charge in [-0.2, -0.15) is 0 Å². The van der Waals surface area contributed by atoms with Crippen molar-refractivity contribution in [3.63, 3.8) is 0 Å². The van der Waals surface area contributed by atoms with Crippen LogP contribution in [0.25, 0.3) is 0 Å². The standard InChI is InChI=1S/C13H19BrIN/c1-13(2,3)7-6-12(16)10-8-9(15)4-5-11(10)14/h4-5,8,12H,6-7,16H2,1-3H3. The van der Waals surface area contributed by atoms with Gasteiger partial charge in [-0.3, -0.25) is 0 Å². The smallest absolute Gasteiger partial charge is 0.0306 e. The van der Waals surface area contributed by atoms with Crippen molar-refractivity contribution in [1.29, 1.82) is 0 Å². The van der Waals surface area contributed by atoms with Crippen molar-refractivity contribution in [3.05, 3.63) is 31.8 Å². The van der Waals surface area contributed by atoms with Crippen LogP contribution in [0, 0.1) is 8.99 Å². The van der Waals surface area contributed by atoms with E-state index in [0.717, 1.165) is 17.3 Å². The highest BCUT2D eigenvalue weighted by Crippen LogP contribution is 2.30. The lowest BCUT2D eigenvalue weighted by atomic mass is 9.87. The van der Waals surface area contributed by atoms with Crippen LogP contribution < -0.4 is 5.73 Å². The molecule has 0 spiro atoms.